The Morgan fingerprint density at radius 3 is 3.00 bits per heavy atom. The molecule has 0 aliphatic carbocycles. The van der Waals surface area contributed by atoms with Gasteiger partial charge in [-0.25, -0.2) is 4.98 Å². The van der Waals surface area contributed by atoms with Gasteiger partial charge >= 0.3 is 0 Å². The van der Waals surface area contributed by atoms with Gasteiger partial charge in [-0.15, -0.1) is 0 Å². The number of aromatic amines is 2. The third-order valence-corrected chi connectivity index (χ3v) is 5.28. The number of aromatic nitrogens is 6. The summed E-state index contributed by atoms with van der Waals surface area (Å²) in [6.07, 6.45) is 11.0. The molecular weight excluding hydrogens is 338 g/mol. The van der Waals surface area contributed by atoms with E-state index in [1.165, 1.54) is 22.1 Å². The molecule has 0 radical (unpaired) electrons. The van der Waals surface area contributed by atoms with Gasteiger partial charge in [0.25, 0.3) is 0 Å². The average Bonchev–Trinajstić information content (AvgIpc) is 3.42. The van der Waals surface area contributed by atoms with E-state index in [1.54, 1.807) is 0 Å². The summed E-state index contributed by atoms with van der Waals surface area (Å²) >= 11 is 0. The van der Waals surface area contributed by atoms with Gasteiger partial charge in [-0.2, -0.15) is 10.2 Å². The Balaban J connectivity index is 1.34. The Morgan fingerprint density at radius 2 is 2.19 bits per heavy atom. The topological polar surface area (TPSA) is 78.4 Å². The number of hydrogen-bond acceptors (Lipinski definition) is 4. The zero-order valence-electron chi connectivity index (χ0n) is 15.2. The van der Waals surface area contributed by atoms with Crippen LogP contribution in [0, 0.1) is 0 Å². The summed E-state index contributed by atoms with van der Waals surface area (Å²) in [7, 11) is 1.95. The lowest BCUT2D eigenvalue weighted by Gasteiger charge is -2.26. The quantitative estimate of drug-likeness (QED) is 0.587. The Morgan fingerprint density at radius 1 is 1.22 bits per heavy atom. The minimum atomic E-state index is 0.871. The standard InChI is InChI=1S/C20H21N7/c1-26-18(4-8-24-26)19-15(11-23-25-19)13-27-9-5-14(6-10-27)17-12-22-20-16(17)3-2-7-21-20/h2-5,7-8,11-12H,6,9-10,13H2,1H3,(H,21,22)(H,23,25). The Bertz CT molecular complexity index is 1110. The van der Waals surface area contributed by atoms with Crippen molar-refractivity contribution in [2.24, 2.45) is 7.05 Å². The Hall–Kier alpha value is -3.19. The zero-order chi connectivity index (χ0) is 18.2. The van der Waals surface area contributed by atoms with Crippen LogP contribution >= 0.6 is 0 Å². The van der Waals surface area contributed by atoms with Crippen LogP contribution in [-0.4, -0.2) is 47.9 Å². The molecule has 0 fully saturated rings. The van der Waals surface area contributed by atoms with Crippen LogP contribution in [0.2, 0.25) is 0 Å². The molecule has 5 rings (SSSR count). The fraction of sp³-hybridized carbons (Fsp3) is 0.250. The van der Waals surface area contributed by atoms with Crippen LogP contribution in [0.15, 0.2) is 49.1 Å². The van der Waals surface area contributed by atoms with E-state index in [0.717, 1.165) is 43.1 Å². The van der Waals surface area contributed by atoms with Gasteiger partial charge < -0.3 is 4.98 Å². The van der Waals surface area contributed by atoms with Gasteiger partial charge in [-0.1, -0.05) is 6.08 Å². The van der Waals surface area contributed by atoms with Gasteiger partial charge in [-0.3, -0.25) is 14.7 Å². The van der Waals surface area contributed by atoms with Gasteiger partial charge in [0.1, 0.15) is 5.65 Å². The number of pyridine rings is 1. The smallest absolute Gasteiger partial charge is 0.137 e. The monoisotopic (exact) mass is 359 g/mol. The van der Waals surface area contributed by atoms with Gasteiger partial charge in [0.05, 0.1) is 17.6 Å². The highest BCUT2D eigenvalue weighted by molar-refractivity contribution is 5.90. The first-order valence-corrected chi connectivity index (χ1v) is 9.14. The van der Waals surface area contributed by atoms with E-state index in [1.807, 2.05) is 42.5 Å². The van der Waals surface area contributed by atoms with Crippen LogP contribution in [0.1, 0.15) is 17.5 Å². The summed E-state index contributed by atoms with van der Waals surface area (Å²) in [5.74, 6) is 0. The molecule has 0 aromatic carbocycles. The number of aryl methyl sites for hydroxylation is 1. The first-order valence-electron chi connectivity index (χ1n) is 9.14. The summed E-state index contributed by atoms with van der Waals surface area (Å²) < 4.78 is 1.87. The van der Waals surface area contributed by atoms with Crippen molar-refractivity contribution >= 4 is 16.6 Å². The maximum atomic E-state index is 4.39. The second kappa shape index (κ2) is 6.51. The molecule has 136 valence electrons. The van der Waals surface area contributed by atoms with Crippen LogP contribution < -0.4 is 0 Å². The van der Waals surface area contributed by atoms with Crippen LogP contribution in [0.5, 0.6) is 0 Å². The summed E-state index contributed by atoms with van der Waals surface area (Å²) in [5.41, 5.74) is 6.93. The molecule has 4 aromatic rings. The normalized spacial score (nSPS) is 15.4. The van der Waals surface area contributed by atoms with Crippen molar-refractivity contribution in [3.8, 4) is 11.4 Å². The minimum absolute atomic E-state index is 0.871. The molecule has 0 unspecified atom stereocenters. The maximum absolute atomic E-state index is 4.39. The van der Waals surface area contributed by atoms with Crippen molar-refractivity contribution in [1.29, 1.82) is 0 Å². The lowest BCUT2D eigenvalue weighted by Crippen LogP contribution is -2.28. The van der Waals surface area contributed by atoms with Crippen LogP contribution in [0.25, 0.3) is 28.0 Å². The number of nitrogens with zero attached hydrogens (tertiary/aromatic N) is 5. The minimum Gasteiger partial charge on any atom is -0.346 e. The van der Waals surface area contributed by atoms with E-state index in [0.29, 0.717) is 0 Å². The van der Waals surface area contributed by atoms with E-state index < -0.39 is 0 Å². The first-order chi connectivity index (χ1) is 13.3. The fourth-order valence-electron chi connectivity index (χ4n) is 3.83. The molecule has 0 amide bonds. The fourth-order valence-corrected chi connectivity index (χ4v) is 3.83. The molecule has 0 spiro atoms. The lowest BCUT2D eigenvalue weighted by molar-refractivity contribution is 0.294. The number of fused-ring (bicyclic) bond motifs is 1. The highest BCUT2D eigenvalue weighted by Gasteiger charge is 2.18. The molecule has 0 saturated carbocycles. The summed E-state index contributed by atoms with van der Waals surface area (Å²) in [6.45, 7) is 2.82. The van der Waals surface area contributed by atoms with Gasteiger partial charge in [0.2, 0.25) is 0 Å². The Labute approximate surface area is 156 Å². The Kier molecular flexibility index (Phi) is 3.86. The molecule has 2 N–H and O–H groups in total. The SMILES string of the molecule is Cn1nccc1-c1[nH]ncc1CN1CC=C(c2c[nH]c3ncccc23)CC1. The van der Waals surface area contributed by atoms with Crippen molar-refractivity contribution in [2.45, 2.75) is 13.0 Å². The summed E-state index contributed by atoms with van der Waals surface area (Å²) in [5, 5.41) is 12.8. The van der Waals surface area contributed by atoms with Gasteiger partial charge in [0.15, 0.2) is 0 Å². The second-order valence-electron chi connectivity index (χ2n) is 6.93. The molecule has 7 heteroatoms. The maximum Gasteiger partial charge on any atom is 0.137 e. The molecule has 7 nitrogen and oxygen atoms in total. The van der Waals surface area contributed by atoms with Crippen molar-refractivity contribution in [3.05, 3.63) is 60.2 Å². The third-order valence-electron chi connectivity index (χ3n) is 5.28. The molecule has 1 aliphatic rings. The van der Waals surface area contributed by atoms with Crippen molar-refractivity contribution < 1.29 is 0 Å². The van der Waals surface area contributed by atoms with E-state index in [4.69, 9.17) is 0 Å². The molecule has 0 bridgehead atoms. The predicted octanol–water partition coefficient (Wildman–Crippen LogP) is 2.98. The summed E-state index contributed by atoms with van der Waals surface area (Å²) in [6, 6.07) is 6.14. The largest absolute Gasteiger partial charge is 0.346 e. The molecule has 4 aromatic heterocycles. The lowest BCUT2D eigenvalue weighted by atomic mass is 9.99. The zero-order valence-corrected chi connectivity index (χ0v) is 15.2. The second-order valence-corrected chi connectivity index (χ2v) is 6.93. The van der Waals surface area contributed by atoms with Gasteiger partial charge in [0, 0.05) is 61.8 Å². The van der Waals surface area contributed by atoms with Crippen LogP contribution in [0.4, 0.5) is 0 Å². The predicted molar refractivity (Wildman–Crippen MR) is 105 cm³/mol. The molecule has 1 aliphatic heterocycles. The van der Waals surface area contributed by atoms with Crippen molar-refractivity contribution in [2.75, 3.05) is 13.1 Å². The van der Waals surface area contributed by atoms with E-state index >= 15 is 0 Å². The molecule has 0 atom stereocenters. The van der Waals surface area contributed by atoms with Crippen LogP contribution in [0.3, 0.4) is 0 Å². The number of nitrogens with one attached hydrogen (secondary N) is 2. The highest BCUT2D eigenvalue weighted by atomic mass is 15.3. The average molecular weight is 359 g/mol. The van der Waals surface area contributed by atoms with E-state index in [-0.39, 0.29) is 0 Å². The summed E-state index contributed by atoms with van der Waals surface area (Å²) in [4.78, 5) is 10.1. The molecular formula is C20H21N7. The van der Waals surface area contributed by atoms with Crippen LogP contribution in [-0.2, 0) is 13.6 Å². The third kappa shape index (κ3) is 2.86. The van der Waals surface area contributed by atoms with Gasteiger partial charge in [-0.05, 0) is 30.2 Å². The number of rotatable bonds is 4. The first kappa shape index (κ1) is 16.0. The molecule has 27 heavy (non-hydrogen) atoms. The van der Waals surface area contributed by atoms with E-state index in [9.17, 15) is 0 Å². The molecule has 0 saturated heterocycles. The van der Waals surface area contributed by atoms with Crippen molar-refractivity contribution in [1.82, 2.24) is 34.8 Å². The van der Waals surface area contributed by atoms with E-state index in [2.05, 4.69) is 48.5 Å². The van der Waals surface area contributed by atoms with Crippen molar-refractivity contribution in [3.63, 3.8) is 0 Å². The number of hydrogen-bond donors (Lipinski definition) is 2. The number of H-pyrrole nitrogens is 2. The molecule has 5 heterocycles. The highest BCUT2D eigenvalue weighted by Crippen LogP contribution is 2.29.